The molecule has 1 atom stereocenters. The molecule has 1 N–H and O–H groups in total. The van der Waals surface area contributed by atoms with Gasteiger partial charge in [0.25, 0.3) is 0 Å². The van der Waals surface area contributed by atoms with Gasteiger partial charge in [0.2, 0.25) is 5.91 Å². The van der Waals surface area contributed by atoms with Crippen LogP contribution >= 0.6 is 0 Å². The van der Waals surface area contributed by atoms with Gasteiger partial charge < -0.3 is 10.2 Å². The maximum absolute atomic E-state index is 12.0. The molecule has 1 heterocycles. The van der Waals surface area contributed by atoms with Gasteiger partial charge in [-0.2, -0.15) is 5.26 Å². The Morgan fingerprint density at radius 3 is 2.87 bits per heavy atom. The van der Waals surface area contributed by atoms with Gasteiger partial charge in [-0.15, -0.1) is 0 Å². The molecule has 1 aliphatic heterocycles. The fourth-order valence-electron chi connectivity index (χ4n) is 1.89. The van der Waals surface area contributed by atoms with E-state index in [1.54, 1.807) is 4.90 Å². The molecule has 0 aromatic heterocycles. The van der Waals surface area contributed by atoms with E-state index in [1.807, 2.05) is 13.8 Å². The average Bonchev–Trinajstić information content (AvgIpc) is 2.70. The number of rotatable bonds is 4. The normalized spacial score (nSPS) is 20.3. The van der Waals surface area contributed by atoms with Gasteiger partial charge in [0.15, 0.2) is 0 Å². The molecule has 0 bridgehead atoms. The van der Waals surface area contributed by atoms with E-state index in [2.05, 4.69) is 11.4 Å². The lowest BCUT2D eigenvalue weighted by atomic mass is 10.1. The van der Waals surface area contributed by atoms with Gasteiger partial charge >= 0.3 is 0 Å². The maximum Gasteiger partial charge on any atom is 0.239 e. The molecule has 0 spiro atoms. The molecule has 1 rings (SSSR count). The number of nitriles is 1. The van der Waals surface area contributed by atoms with E-state index in [-0.39, 0.29) is 18.0 Å². The third-order valence-electron chi connectivity index (χ3n) is 2.73. The summed E-state index contributed by atoms with van der Waals surface area (Å²) in [5, 5.41) is 11.7. The monoisotopic (exact) mass is 209 g/mol. The summed E-state index contributed by atoms with van der Waals surface area (Å²) in [6.45, 7) is 5.46. The Labute approximate surface area is 91.2 Å². The molecule has 0 aromatic carbocycles. The van der Waals surface area contributed by atoms with E-state index in [0.717, 1.165) is 19.4 Å². The van der Waals surface area contributed by atoms with Crippen LogP contribution in [0.1, 0.15) is 33.1 Å². The van der Waals surface area contributed by atoms with Crippen LogP contribution in [-0.2, 0) is 4.79 Å². The molecule has 0 radical (unpaired) electrons. The third kappa shape index (κ3) is 3.21. The van der Waals surface area contributed by atoms with Crippen molar-refractivity contribution in [2.45, 2.75) is 45.2 Å². The number of amides is 1. The van der Waals surface area contributed by atoms with Crippen LogP contribution in [0.25, 0.3) is 0 Å². The Kier molecular flexibility index (Phi) is 4.57. The molecule has 15 heavy (non-hydrogen) atoms. The predicted octanol–water partition coefficient (Wildman–Crippen LogP) is 0.889. The van der Waals surface area contributed by atoms with Crippen molar-refractivity contribution in [3.8, 4) is 6.07 Å². The van der Waals surface area contributed by atoms with Crippen molar-refractivity contribution in [1.82, 2.24) is 10.2 Å². The maximum atomic E-state index is 12.0. The largest absolute Gasteiger partial charge is 0.338 e. The van der Waals surface area contributed by atoms with Crippen LogP contribution in [0, 0.1) is 11.3 Å². The summed E-state index contributed by atoms with van der Waals surface area (Å²) in [6, 6.07) is 2.24. The molecule has 0 aromatic rings. The highest BCUT2D eigenvalue weighted by molar-refractivity contribution is 5.82. The quantitative estimate of drug-likeness (QED) is 0.748. The van der Waals surface area contributed by atoms with Crippen LogP contribution in [0.3, 0.4) is 0 Å². The first-order valence-corrected chi connectivity index (χ1v) is 5.57. The summed E-state index contributed by atoms with van der Waals surface area (Å²) >= 11 is 0. The molecule has 1 fully saturated rings. The Hall–Kier alpha value is -1.08. The van der Waals surface area contributed by atoms with Crippen LogP contribution in [0.5, 0.6) is 0 Å². The minimum Gasteiger partial charge on any atom is -0.338 e. The Bertz CT molecular complexity index is 251. The number of hydrogen-bond donors (Lipinski definition) is 1. The first-order chi connectivity index (χ1) is 7.16. The second-order valence-corrected chi connectivity index (χ2v) is 4.18. The molecule has 84 valence electrons. The van der Waals surface area contributed by atoms with Crippen molar-refractivity contribution in [1.29, 1.82) is 5.26 Å². The van der Waals surface area contributed by atoms with Crippen LogP contribution in [0.15, 0.2) is 0 Å². The second-order valence-electron chi connectivity index (χ2n) is 4.18. The summed E-state index contributed by atoms with van der Waals surface area (Å²) < 4.78 is 0. The van der Waals surface area contributed by atoms with E-state index < -0.39 is 0 Å². The fourth-order valence-corrected chi connectivity index (χ4v) is 1.89. The van der Waals surface area contributed by atoms with Gasteiger partial charge in [-0.3, -0.25) is 4.79 Å². The zero-order valence-electron chi connectivity index (χ0n) is 9.49. The molecular weight excluding hydrogens is 190 g/mol. The summed E-state index contributed by atoms with van der Waals surface area (Å²) in [5.41, 5.74) is 0. The lowest BCUT2D eigenvalue weighted by Gasteiger charge is -2.28. The van der Waals surface area contributed by atoms with E-state index in [9.17, 15) is 4.79 Å². The Morgan fingerprint density at radius 1 is 1.67 bits per heavy atom. The minimum atomic E-state index is -0.0221. The van der Waals surface area contributed by atoms with Gasteiger partial charge in [-0.05, 0) is 33.2 Å². The molecule has 0 unspecified atom stereocenters. The molecule has 0 aliphatic carbocycles. The highest BCUT2D eigenvalue weighted by atomic mass is 16.2. The van der Waals surface area contributed by atoms with Crippen LogP contribution in [0.4, 0.5) is 0 Å². The second kappa shape index (κ2) is 5.72. The van der Waals surface area contributed by atoms with Gasteiger partial charge in [-0.1, -0.05) is 0 Å². The summed E-state index contributed by atoms with van der Waals surface area (Å²) in [4.78, 5) is 13.8. The topological polar surface area (TPSA) is 56.1 Å². The van der Waals surface area contributed by atoms with Gasteiger partial charge in [0.1, 0.15) is 0 Å². The highest BCUT2D eigenvalue weighted by Gasteiger charge is 2.27. The average molecular weight is 209 g/mol. The van der Waals surface area contributed by atoms with E-state index >= 15 is 0 Å². The predicted molar refractivity (Wildman–Crippen MR) is 58.1 cm³/mol. The number of hydrogen-bond acceptors (Lipinski definition) is 3. The lowest BCUT2D eigenvalue weighted by Crippen LogP contribution is -2.47. The van der Waals surface area contributed by atoms with Crippen LogP contribution in [0.2, 0.25) is 0 Å². The first-order valence-electron chi connectivity index (χ1n) is 5.57. The van der Waals surface area contributed by atoms with Crippen molar-refractivity contribution in [3.63, 3.8) is 0 Å². The SMILES string of the molecule is CC(C)N(CCC#N)C(=O)[C@H]1CCCN1. The van der Waals surface area contributed by atoms with Gasteiger partial charge in [-0.25, -0.2) is 0 Å². The zero-order chi connectivity index (χ0) is 11.3. The molecule has 1 saturated heterocycles. The highest BCUT2D eigenvalue weighted by Crippen LogP contribution is 2.11. The lowest BCUT2D eigenvalue weighted by molar-refractivity contribution is -0.134. The van der Waals surface area contributed by atoms with E-state index in [1.165, 1.54) is 0 Å². The summed E-state index contributed by atoms with van der Waals surface area (Å²) in [5.74, 6) is 0.151. The number of nitrogens with zero attached hydrogens (tertiary/aromatic N) is 2. The van der Waals surface area contributed by atoms with E-state index in [4.69, 9.17) is 5.26 Å². The zero-order valence-corrected chi connectivity index (χ0v) is 9.49. The molecular formula is C11H19N3O. The fraction of sp³-hybridized carbons (Fsp3) is 0.818. The molecule has 4 nitrogen and oxygen atoms in total. The molecule has 0 saturated carbocycles. The standard InChI is InChI=1S/C11H19N3O/c1-9(2)14(8-4-6-12)11(15)10-5-3-7-13-10/h9-10,13H,3-5,7-8H2,1-2H3/t10-/m1/s1. The molecule has 4 heteroatoms. The van der Waals surface area contributed by atoms with Crippen molar-refractivity contribution in [2.24, 2.45) is 0 Å². The van der Waals surface area contributed by atoms with Crippen molar-refractivity contribution in [2.75, 3.05) is 13.1 Å². The molecule has 1 amide bonds. The Morgan fingerprint density at radius 2 is 2.40 bits per heavy atom. The summed E-state index contributed by atoms with van der Waals surface area (Å²) in [6.07, 6.45) is 2.41. The third-order valence-corrected chi connectivity index (χ3v) is 2.73. The Balaban J connectivity index is 2.54. The summed E-state index contributed by atoms with van der Waals surface area (Å²) in [7, 11) is 0. The number of carbonyl (C=O) groups excluding carboxylic acids is 1. The number of nitrogens with one attached hydrogen (secondary N) is 1. The van der Waals surface area contributed by atoms with Crippen molar-refractivity contribution < 1.29 is 4.79 Å². The smallest absolute Gasteiger partial charge is 0.239 e. The van der Waals surface area contributed by atoms with Crippen LogP contribution in [-0.4, -0.2) is 36.0 Å². The number of carbonyl (C=O) groups is 1. The van der Waals surface area contributed by atoms with Crippen molar-refractivity contribution in [3.05, 3.63) is 0 Å². The first kappa shape index (κ1) is 12.0. The van der Waals surface area contributed by atoms with Gasteiger partial charge in [0, 0.05) is 12.6 Å². The van der Waals surface area contributed by atoms with E-state index in [0.29, 0.717) is 13.0 Å². The van der Waals surface area contributed by atoms with Crippen LogP contribution < -0.4 is 5.32 Å². The minimum absolute atomic E-state index is 0.0221. The van der Waals surface area contributed by atoms with Crippen molar-refractivity contribution >= 4 is 5.91 Å². The molecule has 1 aliphatic rings. The van der Waals surface area contributed by atoms with Gasteiger partial charge in [0.05, 0.1) is 18.5 Å².